The summed E-state index contributed by atoms with van der Waals surface area (Å²) in [5, 5.41) is 20.9. The fourth-order valence-corrected chi connectivity index (χ4v) is 2.91. The highest BCUT2D eigenvalue weighted by atomic mass is 16.6. The third kappa shape index (κ3) is 5.14. The Hall–Kier alpha value is -2.73. The number of ether oxygens (including phenoxy) is 2. The summed E-state index contributed by atoms with van der Waals surface area (Å²) in [5.74, 6) is -0.590. The summed E-state index contributed by atoms with van der Waals surface area (Å²) in [7, 11) is 0. The minimum absolute atomic E-state index is 0.280. The summed E-state index contributed by atoms with van der Waals surface area (Å²) < 4.78 is 11.0. The van der Waals surface area contributed by atoms with Gasteiger partial charge in [0.2, 0.25) is 0 Å². The van der Waals surface area contributed by atoms with Gasteiger partial charge in [-0.3, -0.25) is 0 Å². The zero-order chi connectivity index (χ0) is 19.1. The molecule has 5 nitrogen and oxygen atoms in total. The Morgan fingerprint density at radius 2 is 1.78 bits per heavy atom. The first-order chi connectivity index (χ1) is 13.1. The fourth-order valence-electron chi connectivity index (χ4n) is 2.91. The van der Waals surface area contributed by atoms with Crippen molar-refractivity contribution in [1.29, 1.82) is 0 Å². The first-order valence-electron chi connectivity index (χ1n) is 8.78. The van der Waals surface area contributed by atoms with E-state index in [4.69, 9.17) is 9.47 Å². The molecule has 2 aromatic carbocycles. The van der Waals surface area contributed by atoms with Crippen molar-refractivity contribution in [3.05, 3.63) is 90.0 Å². The average Bonchev–Trinajstić information content (AvgIpc) is 2.72. The highest BCUT2D eigenvalue weighted by Gasteiger charge is 2.36. The summed E-state index contributed by atoms with van der Waals surface area (Å²) in [4.78, 5) is 12.3. The SMILES string of the molecule is O=C(/C=C/c1ccccc1)O[C@H](c1ccccc1)[C@@H](O)[C@@H]1OCC=C[C@@H]1O. The molecule has 0 aliphatic carbocycles. The van der Waals surface area contributed by atoms with E-state index in [2.05, 4.69) is 0 Å². The third-order valence-corrected chi connectivity index (χ3v) is 4.28. The van der Waals surface area contributed by atoms with Gasteiger partial charge in [-0.05, 0) is 17.2 Å². The molecule has 2 aromatic rings. The molecule has 1 aliphatic heterocycles. The van der Waals surface area contributed by atoms with Gasteiger partial charge in [-0.2, -0.15) is 0 Å². The van der Waals surface area contributed by atoms with Crippen LogP contribution in [0.2, 0.25) is 0 Å². The molecule has 0 aromatic heterocycles. The van der Waals surface area contributed by atoms with Crippen molar-refractivity contribution in [3.8, 4) is 0 Å². The molecule has 5 heteroatoms. The molecule has 2 N–H and O–H groups in total. The summed E-state index contributed by atoms with van der Waals surface area (Å²) in [6, 6.07) is 18.3. The van der Waals surface area contributed by atoms with Crippen LogP contribution in [0.4, 0.5) is 0 Å². The van der Waals surface area contributed by atoms with Crippen molar-refractivity contribution in [1.82, 2.24) is 0 Å². The predicted octanol–water partition coefficient (Wildman–Crippen LogP) is 2.66. The Labute approximate surface area is 158 Å². The largest absolute Gasteiger partial charge is 0.451 e. The van der Waals surface area contributed by atoms with Gasteiger partial charge in [-0.25, -0.2) is 4.79 Å². The van der Waals surface area contributed by atoms with Crippen LogP contribution in [0.15, 0.2) is 78.9 Å². The van der Waals surface area contributed by atoms with Crippen LogP contribution in [0.3, 0.4) is 0 Å². The Morgan fingerprint density at radius 3 is 2.44 bits per heavy atom. The zero-order valence-corrected chi connectivity index (χ0v) is 14.7. The Balaban J connectivity index is 1.77. The molecule has 3 rings (SSSR count). The quantitative estimate of drug-likeness (QED) is 0.467. The molecule has 4 atom stereocenters. The van der Waals surface area contributed by atoms with Crippen LogP contribution in [0.1, 0.15) is 17.2 Å². The standard InChI is InChI=1S/C22H22O5/c23-18-12-7-15-26-22(18)20(25)21(17-10-5-2-6-11-17)27-19(24)14-13-16-8-3-1-4-9-16/h1-14,18,20-23,25H,15H2/b14-13+/t18-,20+,21+,22+/m0/s1. The van der Waals surface area contributed by atoms with Gasteiger partial charge in [0.05, 0.1) is 6.61 Å². The van der Waals surface area contributed by atoms with Crippen molar-refractivity contribution in [2.75, 3.05) is 6.61 Å². The van der Waals surface area contributed by atoms with Gasteiger partial charge in [0.15, 0.2) is 6.10 Å². The summed E-state index contributed by atoms with van der Waals surface area (Å²) >= 11 is 0. The molecular weight excluding hydrogens is 344 g/mol. The van der Waals surface area contributed by atoms with Crippen LogP contribution in [0.25, 0.3) is 6.08 Å². The molecule has 0 saturated carbocycles. The van der Waals surface area contributed by atoms with E-state index < -0.39 is 30.4 Å². The molecule has 1 aliphatic rings. The van der Waals surface area contributed by atoms with Crippen LogP contribution in [-0.4, -0.2) is 41.1 Å². The molecule has 140 valence electrons. The van der Waals surface area contributed by atoms with Crippen LogP contribution in [-0.2, 0) is 14.3 Å². The molecule has 0 spiro atoms. The van der Waals surface area contributed by atoms with Crippen LogP contribution < -0.4 is 0 Å². The number of aliphatic hydroxyl groups excluding tert-OH is 2. The number of esters is 1. The first-order valence-corrected chi connectivity index (χ1v) is 8.78. The molecule has 0 bridgehead atoms. The Bertz CT molecular complexity index is 785. The van der Waals surface area contributed by atoms with E-state index in [9.17, 15) is 15.0 Å². The number of hydrogen-bond acceptors (Lipinski definition) is 5. The summed E-state index contributed by atoms with van der Waals surface area (Å²) in [6.45, 7) is 0.280. The van der Waals surface area contributed by atoms with Crippen molar-refractivity contribution in [2.24, 2.45) is 0 Å². The number of hydrogen-bond donors (Lipinski definition) is 2. The summed E-state index contributed by atoms with van der Waals surface area (Å²) in [6.07, 6.45) is 2.16. The van der Waals surface area contributed by atoms with E-state index in [0.29, 0.717) is 5.56 Å². The monoisotopic (exact) mass is 366 g/mol. The van der Waals surface area contributed by atoms with Gasteiger partial charge in [-0.1, -0.05) is 72.8 Å². The second-order valence-corrected chi connectivity index (χ2v) is 6.22. The molecule has 0 radical (unpaired) electrons. The highest BCUT2D eigenvalue weighted by molar-refractivity contribution is 5.87. The minimum atomic E-state index is -1.22. The van der Waals surface area contributed by atoms with E-state index >= 15 is 0 Å². The van der Waals surface area contributed by atoms with E-state index in [0.717, 1.165) is 5.56 Å². The van der Waals surface area contributed by atoms with Crippen LogP contribution >= 0.6 is 0 Å². The van der Waals surface area contributed by atoms with Crippen molar-refractivity contribution < 1.29 is 24.5 Å². The molecular formula is C22H22O5. The predicted molar refractivity (Wildman–Crippen MR) is 102 cm³/mol. The van der Waals surface area contributed by atoms with Crippen LogP contribution in [0.5, 0.6) is 0 Å². The molecule has 1 heterocycles. The maximum absolute atomic E-state index is 12.3. The van der Waals surface area contributed by atoms with E-state index in [1.807, 2.05) is 36.4 Å². The molecule has 0 unspecified atom stereocenters. The Morgan fingerprint density at radius 1 is 1.11 bits per heavy atom. The summed E-state index contributed by atoms with van der Waals surface area (Å²) in [5.41, 5.74) is 1.49. The third-order valence-electron chi connectivity index (χ3n) is 4.28. The van der Waals surface area contributed by atoms with Crippen molar-refractivity contribution >= 4 is 12.0 Å². The lowest BCUT2D eigenvalue weighted by Gasteiger charge is -2.33. The molecule has 0 saturated heterocycles. The highest BCUT2D eigenvalue weighted by Crippen LogP contribution is 2.27. The zero-order valence-electron chi connectivity index (χ0n) is 14.7. The fraction of sp³-hybridized carbons (Fsp3) is 0.227. The van der Waals surface area contributed by atoms with Gasteiger partial charge in [-0.15, -0.1) is 0 Å². The van der Waals surface area contributed by atoms with Crippen LogP contribution in [0, 0.1) is 0 Å². The first kappa shape index (κ1) is 19.0. The smallest absolute Gasteiger partial charge is 0.331 e. The van der Waals surface area contributed by atoms with Gasteiger partial charge in [0.25, 0.3) is 0 Å². The number of benzene rings is 2. The van der Waals surface area contributed by atoms with E-state index in [1.165, 1.54) is 6.08 Å². The maximum Gasteiger partial charge on any atom is 0.331 e. The molecule has 0 fully saturated rings. The van der Waals surface area contributed by atoms with Crippen molar-refractivity contribution in [3.63, 3.8) is 0 Å². The lowest BCUT2D eigenvalue weighted by Crippen LogP contribution is -2.44. The number of rotatable bonds is 6. The second kappa shape index (κ2) is 9.28. The number of carbonyl (C=O) groups is 1. The Kier molecular flexibility index (Phi) is 6.54. The van der Waals surface area contributed by atoms with Gasteiger partial charge in [0.1, 0.15) is 18.3 Å². The lowest BCUT2D eigenvalue weighted by atomic mass is 9.96. The number of carbonyl (C=O) groups excluding carboxylic acids is 1. The van der Waals surface area contributed by atoms with Crippen molar-refractivity contribution in [2.45, 2.75) is 24.4 Å². The topological polar surface area (TPSA) is 76.0 Å². The average molecular weight is 366 g/mol. The maximum atomic E-state index is 12.3. The normalized spacial score (nSPS) is 21.7. The minimum Gasteiger partial charge on any atom is -0.451 e. The van der Waals surface area contributed by atoms with Gasteiger partial charge >= 0.3 is 5.97 Å². The second-order valence-electron chi connectivity index (χ2n) is 6.22. The molecule has 0 amide bonds. The van der Waals surface area contributed by atoms with E-state index in [1.54, 1.807) is 42.5 Å². The van der Waals surface area contributed by atoms with Gasteiger partial charge < -0.3 is 19.7 Å². The van der Waals surface area contributed by atoms with Gasteiger partial charge in [0, 0.05) is 6.08 Å². The number of aliphatic hydroxyl groups is 2. The molecule has 27 heavy (non-hydrogen) atoms. The van der Waals surface area contributed by atoms with E-state index in [-0.39, 0.29) is 6.61 Å². The lowest BCUT2D eigenvalue weighted by molar-refractivity contribution is -0.164.